The van der Waals surface area contributed by atoms with Crippen molar-refractivity contribution in [3.8, 4) is 12.0 Å². The summed E-state index contributed by atoms with van der Waals surface area (Å²) in [6.07, 6.45) is 0.528. The number of carbonyl (C=O) groups excluding carboxylic acids is 1. The summed E-state index contributed by atoms with van der Waals surface area (Å²) in [5.74, 6) is 0.554. The van der Waals surface area contributed by atoms with Gasteiger partial charge in [0.05, 0.1) is 36.6 Å². The van der Waals surface area contributed by atoms with Crippen molar-refractivity contribution < 1.29 is 14.3 Å². The first kappa shape index (κ1) is 20.9. The van der Waals surface area contributed by atoms with Crippen molar-refractivity contribution in [2.45, 2.75) is 26.0 Å². The van der Waals surface area contributed by atoms with Gasteiger partial charge < -0.3 is 20.5 Å². The fourth-order valence-corrected chi connectivity index (χ4v) is 4.12. The van der Waals surface area contributed by atoms with Crippen molar-refractivity contribution in [2.24, 2.45) is 5.73 Å². The molecule has 5 rings (SSSR count). The number of hydrogen-bond donors (Lipinski definition) is 2. The minimum atomic E-state index is -0.563. The topological polar surface area (TPSA) is 117 Å². The molecule has 1 atom stereocenters. The summed E-state index contributed by atoms with van der Waals surface area (Å²) in [6, 6.07) is 15.6. The van der Waals surface area contributed by atoms with Gasteiger partial charge in [-0.3, -0.25) is 4.79 Å². The van der Waals surface area contributed by atoms with Crippen molar-refractivity contribution in [3.63, 3.8) is 0 Å². The Labute approximate surface area is 190 Å². The number of anilines is 1. The lowest BCUT2D eigenvalue weighted by atomic mass is 10.0. The highest BCUT2D eigenvalue weighted by Crippen LogP contribution is 2.33. The van der Waals surface area contributed by atoms with Crippen LogP contribution in [0.2, 0.25) is 0 Å². The zero-order valence-corrected chi connectivity index (χ0v) is 18.4. The van der Waals surface area contributed by atoms with Gasteiger partial charge in [-0.25, -0.2) is 9.55 Å². The minimum Gasteiger partial charge on any atom is -0.468 e. The van der Waals surface area contributed by atoms with Crippen LogP contribution in [-0.2, 0) is 17.7 Å². The molecule has 0 aliphatic carbocycles. The molecule has 1 aliphatic rings. The molecule has 1 unspecified atom stereocenters. The molecular formula is C24H24N6O3. The first-order chi connectivity index (χ1) is 16.1. The van der Waals surface area contributed by atoms with Crippen molar-refractivity contribution in [1.29, 1.82) is 0 Å². The number of fused-ring (bicyclic) bond motifs is 2. The second-order valence-electron chi connectivity index (χ2n) is 7.81. The van der Waals surface area contributed by atoms with Crippen LogP contribution >= 0.6 is 0 Å². The maximum absolute atomic E-state index is 11.9. The van der Waals surface area contributed by atoms with E-state index in [1.807, 2.05) is 31.2 Å². The van der Waals surface area contributed by atoms with Crippen molar-refractivity contribution in [3.05, 3.63) is 70.9 Å². The predicted octanol–water partition coefficient (Wildman–Crippen LogP) is 3.17. The average Bonchev–Trinajstić information content (AvgIpc) is 3.22. The number of amides is 1. The monoisotopic (exact) mass is 444 g/mol. The van der Waals surface area contributed by atoms with Gasteiger partial charge in [0.25, 0.3) is 5.91 Å². The van der Waals surface area contributed by atoms with Crippen molar-refractivity contribution in [2.75, 3.05) is 19.0 Å². The molecule has 0 saturated carbocycles. The summed E-state index contributed by atoms with van der Waals surface area (Å²) in [4.78, 5) is 26.1. The lowest BCUT2D eigenvalue weighted by Crippen LogP contribution is -2.21. The number of rotatable bonds is 6. The van der Waals surface area contributed by atoms with E-state index in [4.69, 9.17) is 25.2 Å². The molecule has 3 heterocycles. The van der Waals surface area contributed by atoms with E-state index < -0.39 is 5.91 Å². The fraction of sp³-hybridized carbons (Fsp3) is 0.250. The number of aromatic nitrogens is 4. The Morgan fingerprint density at radius 1 is 1.18 bits per heavy atom. The van der Waals surface area contributed by atoms with Crippen LogP contribution in [0.25, 0.3) is 17.0 Å². The molecule has 4 aromatic rings. The highest BCUT2D eigenvalue weighted by molar-refractivity contribution is 6.04. The highest BCUT2D eigenvalue weighted by atomic mass is 16.5. The number of imidazole rings is 1. The third-order valence-corrected chi connectivity index (χ3v) is 5.74. The molecule has 9 heteroatoms. The van der Waals surface area contributed by atoms with Gasteiger partial charge in [0.1, 0.15) is 11.3 Å². The van der Waals surface area contributed by atoms with Gasteiger partial charge in [-0.2, -0.15) is 9.97 Å². The van der Waals surface area contributed by atoms with Gasteiger partial charge >= 0.3 is 6.01 Å². The Hall–Kier alpha value is -3.98. The third-order valence-electron chi connectivity index (χ3n) is 5.74. The number of methoxy groups -OCH3 is 1. The molecule has 2 aromatic carbocycles. The second kappa shape index (κ2) is 8.51. The smallest absolute Gasteiger partial charge is 0.304 e. The molecule has 168 valence electrons. The standard InChI is InChI=1S/C24H24N6O3/c1-14-19-17(11-12-33-14)22(26-13-15-7-4-3-5-8-15)29-23(27-19)30-18-10-6-9-16(21(25)31)20(18)28-24(30)32-2/h3-10,14H,11-13H2,1-2H3,(H2,25,31)(H,26,27,29). The van der Waals surface area contributed by atoms with E-state index in [1.54, 1.807) is 16.7 Å². The molecule has 0 saturated heterocycles. The molecule has 0 radical (unpaired) electrons. The summed E-state index contributed by atoms with van der Waals surface area (Å²) < 4.78 is 13.1. The fourth-order valence-electron chi connectivity index (χ4n) is 4.12. The molecule has 0 spiro atoms. The number of nitrogens with one attached hydrogen (secondary N) is 1. The first-order valence-electron chi connectivity index (χ1n) is 10.7. The number of nitrogens with zero attached hydrogens (tertiary/aromatic N) is 4. The number of benzene rings is 2. The molecule has 3 N–H and O–H groups in total. The van der Waals surface area contributed by atoms with Crippen molar-refractivity contribution in [1.82, 2.24) is 19.5 Å². The number of para-hydroxylation sites is 1. The molecule has 2 aromatic heterocycles. The zero-order valence-electron chi connectivity index (χ0n) is 18.4. The van der Waals surface area contributed by atoms with E-state index >= 15 is 0 Å². The molecular weight excluding hydrogens is 420 g/mol. The van der Waals surface area contributed by atoms with Crippen LogP contribution in [0.3, 0.4) is 0 Å². The highest BCUT2D eigenvalue weighted by Gasteiger charge is 2.26. The van der Waals surface area contributed by atoms with Crippen LogP contribution in [-0.4, -0.2) is 39.1 Å². The quantitative estimate of drug-likeness (QED) is 0.469. The van der Waals surface area contributed by atoms with E-state index in [-0.39, 0.29) is 12.1 Å². The van der Waals surface area contributed by atoms with E-state index in [9.17, 15) is 4.79 Å². The number of primary amides is 1. The van der Waals surface area contributed by atoms with E-state index in [1.165, 1.54) is 7.11 Å². The largest absolute Gasteiger partial charge is 0.468 e. The molecule has 1 aliphatic heterocycles. The summed E-state index contributed by atoms with van der Waals surface area (Å²) in [5.41, 5.74) is 9.93. The van der Waals surface area contributed by atoms with Crippen LogP contribution in [0.5, 0.6) is 6.01 Å². The van der Waals surface area contributed by atoms with Gasteiger partial charge in [-0.15, -0.1) is 0 Å². The zero-order chi connectivity index (χ0) is 22.9. The van der Waals surface area contributed by atoms with E-state index in [0.717, 1.165) is 22.6 Å². The molecule has 33 heavy (non-hydrogen) atoms. The van der Waals surface area contributed by atoms with Crippen LogP contribution in [0.4, 0.5) is 5.82 Å². The number of nitrogens with two attached hydrogens (primary N) is 1. The van der Waals surface area contributed by atoms with Gasteiger partial charge in [0, 0.05) is 18.5 Å². The summed E-state index contributed by atoms with van der Waals surface area (Å²) >= 11 is 0. The van der Waals surface area contributed by atoms with Gasteiger partial charge in [0.15, 0.2) is 0 Å². The minimum absolute atomic E-state index is 0.185. The Morgan fingerprint density at radius 3 is 2.76 bits per heavy atom. The van der Waals surface area contributed by atoms with Crippen LogP contribution < -0.4 is 15.8 Å². The average molecular weight is 444 g/mol. The van der Waals surface area contributed by atoms with Gasteiger partial charge in [-0.1, -0.05) is 36.4 Å². The Kier molecular flexibility index (Phi) is 5.39. The maximum atomic E-state index is 11.9. The normalized spacial score (nSPS) is 15.3. The Morgan fingerprint density at radius 2 is 2.00 bits per heavy atom. The van der Waals surface area contributed by atoms with Gasteiger partial charge in [-0.05, 0) is 24.6 Å². The van der Waals surface area contributed by atoms with E-state index in [0.29, 0.717) is 42.1 Å². The Balaban J connectivity index is 1.67. The van der Waals surface area contributed by atoms with Crippen LogP contribution in [0.1, 0.15) is 40.2 Å². The third kappa shape index (κ3) is 3.76. The molecule has 0 bridgehead atoms. The SMILES string of the molecule is COc1nc2c(C(N)=O)cccc2n1-c1nc(NCc2ccccc2)c2c(n1)C(C)OCC2. The number of hydrogen-bond acceptors (Lipinski definition) is 7. The molecule has 0 fully saturated rings. The van der Waals surface area contributed by atoms with Gasteiger partial charge in [0.2, 0.25) is 5.95 Å². The van der Waals surface area contributed by atoms with Crippen molar-refractivity contribution >= 4 is 22.8 Å². The van der Waals surface area contributed by atoms with E-state index in [2.05, 4.69) is 22.4 Å². The number of carbonyl (C=O) groups is 1. The summed E-state index contributed by atoms with van der Waals surface area (Å²) in [6.45, 7) is 3.20. The maximum Gasteiger partial charge on any atom is 0.304 e. The summed E-state index contributed by atoms with van der Waals surface area (Å²) in [5, 5.41) is 3.47. The molecule has 9 nitrogen and oxygen atoms in total. The van der Waals surface area contributed by atoms with Crippen LogP contribution in [0.15, 0.2) is 48.5 Å². The Bertz CT molecular complexity index is 1340. The predicted molar refractivity (Wildman–Crippen MR) is 124 cm³/mol. The number of ether oxygens (including phenoxy) is 2. The van der Waals surface area contributed by atoms with Crippen LogP contribution in [0, 0.1) is 0 Å². The lowest BCUT2D eigenvalue weighted by molar-refractivity contribution is 0.0520. The second-order valence-corrected chi connectivity index (χ2v) is 7.81. The molecule has 1 amide bonds. The lowest BCUT2D eigenvalue weighted by Gasteiger charge is -2.25. The first-order valence-corrected chi connectivity index (χ1v) is 10.7. The summed E-state index contributed by atoms with van der Waals surface area (Å²) in [7, 11) is 1.51.